The number of likely N-dealkylation sites (tertiary alicyclic amines) is 1. The highest BCUT2D eigenvalue weighted by Gasteiger charge is 2.24. The van der Waals surface area contributed by atoms with E-state index in [1.54, 1.807) is 14.0 Å². The molecule has 1 fully saturated rings. The Bertz CT molecular complexity index is 1400. The highest BCUT2D eigenvalue weighted by molar-refractivity contribution is 5.93. The SMILES string of the molecule is COc1cc2[nH]nc(-c3ccc(C4CCN(C(C)=O)CC4)nc3)c2nc1-c1cccc2c1CCC2. The van der Waals surface area contributed by atoms with Gasteiger partial charge in [-0.25, -0.2) is 4.98 Å². The van der Waals surface area contributed by atoms with Crippen molar-refractivity contribution in [3.8, 4) is 28.3 Å². The number of aromatic nitrogens is 4. The van der Waals surface area contributed by atoms with Crippen LogP contribution in [0, 0.1) is 0 Å². The number of nitrogens with zero attached hydrogens (tertiary/aromatic N) is 4. The molecule has 0 saturated carbocycles. The molecule has 2 aliphatic rings. The summed E-state index contributed by atoms with van der Waals surface area (Å²) < 4.78 is 5.74. The van der Waals surface area contributed by atoms with Crippen molar-refractivity contribution in [2.75, 3.05) is 20.2 Å². The van der Waals surface area contributed by atoms with Crippen molar-refractivity contribution in [2.24, 2.45) is 0 Å². The van der Waals surface area contributed by atoms with Crippen LogP contribution in [0.3, 0.4) is 0 Å². The van der Waals surface area contributed by atoms with Crippen LogP contribution < -0.4 is 4.74 Å². The van der Waals surface area contributed by atoms with E-state index in [0.29, 0.717) is 5.92 Å². The number of aryl methyl sites for hydroxylation is 1. The molecular weight excluding hydrogens is 438 g/mol. The van der Waals surface area contributed by atoms with Gasteiger partial charge in [0.1, 0.15) is 22.7 Å². The number of methoxy groups -OCH3 is 1. The van der Waals surface area contributed by atoms with Crippen LogP contribution in [0.5, 0.6) is 5.75 Å². The molecule has 0 spiro atoms. The number of H-pyrrole nitrogens is 1. The van der Waals surface area contributed by atoms with Crippen LogP contribution >= 0.6 is 0 Å². The normalized spacial score (nSPS) is 16.0. The minimum Gasteiger partial charge on any atom is -0.494 e. The van der Waals surface area contributed by atoms with Crippen molar-refractivity contribution in [1.82, 2.24) is 25.1 Å². The quantitative estimate of drug-likeness (QED) is 0.461. The lowest BCUT2D eigenvalue weighted by Crippen LogP contribution is -2.36. The Morgan fingerprint density at radius 2 is 1.97 bits per heavy atom. The van der Waals surface area contributed by atoms with Crippen LogP contribution in [0.2, 0.25) is 0 Å². The Hall–Kier alpha value is -3.74. The summed E-state index contributed by atoms with van der Waals surface area (Å²) in [5.41, 5.74) is 9.27. The molecule has 1 aliphatic heterocycles. The number of hydrogen-bond acceptors (Lipinski definition) is 5. The lowest BCUT2D eigenvalue weighted by Gasteiger charge is -2.31. The van der Waals surface area contributed by atoms with Gasteiger partial charge in [0.15, 0.2) is 0 Å². The van der Waals surface area contributed by atoms with Gasteiger partial charge in [-0.2, -0.15) is 5.10 Å². The van der Waals surface area contributed by atoms with E-state index in [1.165, 1.54) is 17.5 Å². The number of rotatable bonds is 4. The molecule has 1 aromatic carbocycles. The fourth-order valence-corrected chi connectivity index (χ4v) is 5.60. The Labute approximate surface area is 204 Å². The third-order valence-electron chi connectivity index (χ3n) is 7.54. The number of carbonyl (C=O) groups excluding carboxylic acids is 1. The molecule has 1 N–H and O–H groups in total. The Balaban J connectivity index is 1.34. The summed E-state index contributed by atoms with van der Waals surface area (Å²) in [6.07, 6.45) is 7.17. The molecule has 0 atom stereocenters. The van der Waals surface area contributed by atoms with Gasteiger partial charge in [-0.15, -0.1) is 0 Å². The highest BCUT2D eigenvalue weighted by atomic mass is 16.5. The van der Waals surface area contributed by atoms with Gasteiger partial charge in [-0.05, 0) is 55.4 Å². The number of nitrogens with one attached hydrogen (secondary N) is 1. The fraction of sp³-hybridized carbons (Fsp3) is 0.357. The van der Waals surface area contributed by atoms with Crippen molar-refractivity contribution < 1.29 is 9.53 Å². The lowest BCUT2D eigenvalue weighted by molar-refractivity contribution is -0.129. The molecule has 4 heterocycles. The summed E-state index contributed by atoms with van der Waals surface area (Å²) in [4.78, 5) is 23.4. The summed E-state index contributed by atoms with van der Waals surface area (Å²) in [7, 11) is 1.69. The summed E-state index contributed by atoms with van der Waals surface area (Å²) >= 11 is 0. The molecule has 7 nitrogen and oxygen atoms in total. The van der Waals surface area contributed by atoms with E-state index in [9.17, 15) is 4.79 Å². The number of benzene rings is 1. The van der Waals surface area contributed by atoms with E-state index in [2.05, 4.69) is 40.5 Å². The molecule has 178 valence electrons. The van der Waals surface area contributed by atoms with Crippen LogP contribution in [0.25, 0.3) is 33.5 Å². The number of hydrogen-bond donors (Lipinski definition) is 1. The standard InChI is InChI=1S/C28H29N5O2/c1-17(34)33-13-11-19(12-14-33)23-10-9-20(16-29-23)26-28-24(31-32-26)15-25(35-2)27(30-28)22-8-4-6-18-5-3-7-21(18)22/h4,6,8-10,15-16,19H,3,5,7,11-14H2,1-2H3,(H,31,32). The summed E-state index contributed by atoms with van der Waals surface area (Å²) in [5, 5.41) is 7.72. The van der Waals surface area contributed by atoms with E-state index < -0.39 is 0 Å². The molecular formula is C28H29N5O2. The monoisotopic (exact) mass is 467 g/mol. The maximum atomic E-state index is 11.6. The average molecular weight is 468 g/mol. The summed E-state index contributed by atoms with van der Waals surface area (Å²) in [6.45, 7) is 3.23. The molecule has 1 saturated heterocycles. The molecule has 0 radical (unpaired) electrons. The molecule has 0 bridgehead atoms. The Kier molecular flexibility index (Phi) is 5.47. The first-order chi connectivity index (χ1) is 17.1. The van der Waals surface area contributed by atoms with E-state index in [4.69, 9.17) is 14.7 Å². The van der Waals surface area contributed by atoms with Gasteiger partial charge >= 0.3 is 0 Å². The minimum atomic E-state index is 0.154. The molecule has 7 heteroatoms. The van der Waals surface area contributed by atoms with Crippen molar-refractivity contribution in [2.45, 2.75) is 44.9 Å². The summed E-state index contributed by atoms with van der Waals surface area (Å²) in [5.74, 6) is 1.28. The third-order valence-corrected chi connectivity index (χ3v) is 7.54. The third kappa shape index (κ3) is 3.85. The number of pyridine rings is 2. The van der Waals surface area contributed by atoms with E-state index in [-0.39, 0.29) is 5.91 Å². The largest absolute Gasteiger partial charge is 0.494 e. The van der Waals surface area contributed by atoms with Crippen LogP contribution in [0.15, 0.2) is 42.6 Å². The van der Waals surface area contributed by atoms with E-state index in [1.807, 2.05) is 17.2 Å². The van der Waals surface area contributed by atoms with Crippen molar-refractivity contribution in [1.29, 1.82) is 0 Å². The van der Waals surface area contributed by atoms with Crippen molar-refractivity contribution in [3.05, 3.63) is 59.4 Å². The predicted molar refractivity (Wildman–Crippen MR) is 135 cm³/mol. The molecule has 3 aromatic heterocycles. The lowest BCUT2D eigenvalue weighted by atomic mass is 9.92. The van der Waals surface area contributed by atoms with Crippen molar-refractivity contribution in [3.63, 3.8) is 0 Å². The summed E-state index contributed by atoms with van der Waals surface area (Å²) in [6, 6.07) is 12.7. The zero-order valence-electron chi connectivity index (χ0n) is 20.2. The Morgan fingerprint density at radius 1 is 1.11 bits per heavy atom. The van der Waals surface area contributed by atoms with Gasteiger partial charge in [0.05, 0.1) is 12.6 Å². The van der Waals surface area contributed by atoms with Gasteiger partial charge in [0, 0.05) is 55.0 Å². The van der Waals surface area contributed by atoms with Gasteiger partial charge in [0.25, 0.3) is 0 Å². The number of aromatic amines is 1. The van der Waals surface area contributed by atoms with Gasteiger partial charge in [-0.3, -0.25) is 14.9 Å². The number of piperidine rings is 1. The first-order valence-corrected chi connectivity index (χ1v) is 12.4. The maximum Gasteiger partial charge on any atom is 0.219 e. The molecule has 35 heavy (non-hydrogen) atoms. The zero-order chi connectivity index (χ0) is 23.9. The van der Waals surface area contributed by atoms with Gasteiger partial charge < -0.3 is 9.64 Å². The second kappa shape index (κ2) is 8.80. The van der Waals surface area contributed by atoms with E-state index >= 15 is 0 Å². The van der Waals surface area contributed by atoms with Gasteiger partial charge in [0.2, 0.25) is 5.91 Å². The van der Waals surface area contributed by atoms with Crippen molar-refractivity contribution >= 4 is 16.9 Å². The average Bonchev–Trinajstić information content (AvgIpc) is 3.55. The highest BCUT2D eigenvalue weighted by Crippen LogP contribution is 2.39. The molecule has 1 amide bonds. The number of amides is 1. The molecule has 0 unspecified atom stereocenters. The van der Waals surface area contributed by atoms with Crippen LogP contribution in [0.1, 0.15) is 48.9 Å². The van der Waals surface area contributed by atoms with E-state index in [0.717, 1.165) is 83.8 Å². The smallest absolute Gasteiger partial charge is 0.219 e. The number of ether oxygens (including phenoxy) is 1. The van der Waals surface area contributed by atoms with Crippen LogP contribution in [-0.4, -0.2) is 51.2 Å². The molecule has 1 aliphatic carbocycles. The second-order valence-electron chi connectivity index (χ2n) is 9.56. The predicted octanol–water partition coefficient (Wildman–Crippen LogP) is 4.91. The second-order valence-corrected chi connectivity index (χ2v) is 9.56. The molecule has 4 aromatic rings. The topological polar surface area (TPSA) is 84.0 Å². The minimum absolute atomic E-state index is 0.154. The first-order valence-electron chi connectivity index (χ1n) is 12.4. The maximum absolute atomic E-state index is 11.6. The zero-order valence-corrected chi connectivity index (χ0v) is 20.2. The van der Waals surface area contributed by atoms with Crippen LogP contribution in [0.4, 0.5) is 0 Å². The van der Waals surface area contributed by atoms with Gasteiger partial charge in [-0.1, -0.05) is 18.2 Å². The van der Waals surface area contributed by atoms with Crippen LogP contribution in [-0.2, 0) is 17.6 Å². The fourth-order valence-electron chi connectivity index (χ4n) is 5.60. The number of fused-ring (bicyclic) bond motifs is 2. The first kappa shape index (κ1) is 21.8. The molecule has 6 rings (SSSR count). The number of carbonyl (C=O) groups is 1. The Morgan fingerprint density at radius 3 is 2.71 bits per heavy atom.